The van der Waals surface area contributed by atoms with E-state index < -0.39 is 85.3 Å². The van der Waals surface area contributed by atoms with Gasteiger partial charge < -0.3 is 70.3 Å². The molecule has 3 aliphatic heterocycles. The lowest BCUT2D eigenvalue weighted by Crippen LogP contribution is -3.16. The molecule has 16 nitrogen and oxygen atoms in total. The summed E-state index contributed by atoms with van der Waals surface area (Å²) in [6.07, 6.45) is 2.59. The van der Waals surface area contributed by atoms with Gasteiger partial charge >= 0.3 is 5.97 Å². The van der Waals surface area contributed by atoms with E-state index in [4.69, 9.17) is 24.7 Å². The van der Waals surface area contributed by atoms with Gasteiger partial charge in [0.2, 0.25) is 6.29 Å². The zero-order valence-corrected chi connectivity index (χ0v) is 27.3. The highest BCUT2D eigenvalue weighted by Gasteiger charge is 2.48. The molecule has 3 heterocycles. The van der Waals surface area contributed by atoms with Gasteiger partial charge in [-0.15, -0.1) is 0 Å². The number of carbonyl (C=O) groups excluding carboxylic acids is 2. The van der Waals surface area contributed by atoms with Crippen LogP contribution in [0.1, 0.15) is 32.1 Å². The monoisotopic (exact) mass is 682 g/mol. The summed E-state index contributed by atoms with van der Waals surface area (Å²) in [6.45, 7) is 0.132. The second-order valence-electron chi connectivity index (χ2n) is 12.8. The van der Waals surface area contributed by atoms with Gasteiger partial charge in [-0.05, 0) is 25.7 Å². The van der Waals surface area contributed by atoms with Gasteiger partial charge in [0.15, 0.2) is 12.2 Å². The number of aliphatic imine (C=N–C) groups is 1. The maximum Gasteiger partial charge on any atom is 0.337 e. The van der Waals surface area contributed by atoms with Crippen molar-refractivity contribution in [1.29, 1.82) is 0 Å². The van der Waals surface area contributed by atoms with Crippen molar-refractivity contribution in [1.82, 2.24) is 5.32 Å². The van der Waals surface area contributed by atoms with Gasteiger partial charge in [-0.2, -0.15) is 0 Å². The minimum Gasteiger partial charge on any atom is -0.550 e. The Hall–Kier alpha value is -3.09. The normalized spacial score (nSPS) is 37.8. The molecule has 0 amide bonds. The molecule has 0 spiro atoms. The number of methoxy groups -OCH3 is 1. The summed E-state index contributed by atoms with van der Waals surface area (Å²) < 4.78 is 22.7. The number of aliphatic carboxylic acids is 1. The molecule has 3 fully saturated rings. The lowest BCUT2D eigenvalue weighted by Gasteiger charge is -2.43. The quantitative estimate of drug-likeness (QED) is 0.0444. The maximum atomic E-state index is 13.1. The number of rotatable bonds is 11. The smallest absolute Gasteiger partial charge is 0.337 e. The Kier molecular flexibility index (Phi) is 13.8. The number of carbonyl (C=O) groups is 2. The van der Waals surface area contributed by atoms with Crippen molar-refractivity contribution in [2.45, 2.75) is 75.1 Å². The third-order valence-electron chi connectivity index (χ3n) is 9.70. The van der Waals surface area contributed by atoms with Crippen molar-refractivity contribution in [3.8, 4) is 0 Å². The summed E-state index contributed by atoms with van der Waals surface area (Å²) >= 11 is 0. The summed E-state index contributed by atoms with van der Waals surface area (Å²) in [5.74, 6) is -4.79. The molecule has 4 rings (SSSR count). The Morgan fingerprint density at radius 1 is 1.10 bits per heavy atom. The minimum absolute atomic E-state index is 0.0457. The van der Waals surface area contributed by atoms with Crippen molar-refractivity contribution in [2.24, 2.45) is 34.4 Å². The van der Waals surface area contributed by atoms with Crippen LogP contribution < -0.4 is 21.1 Å². The average Bonchev–Trinajstić information content (AvgIpc) is 3.09. The second kappa shape index (κ2) is 17.5. The molecule has 0 radical (unpaired) electrons. The van der Waals surface area contributed by atoms with Gasteiger partial charge in [0.05, 0.1) is 69.1 Å². The van der Waals surface area contributed by atoms with Crippen LogP contribution in [-0.2, 0) is 28.5 Å². The molecular weight excluding hydrogens is 632 g/mol. The molecule has 12 unspecified atom stereocenters. The van der Waals surface area contributed by atoms with Crippen LogP contribution in [0, 0.1) is 23.7 Å². The SMILES string of the molecule is CN=C(N)NC1C(C=CC2C(C(=O)OC)=COC(OC3OC(CO)C(O)C(O)C3O)C2C=C2CCCCC2)C[NH+](CCO)CC1C(=O)[O-]. The Morgan fingerprint density at radius 3 is 2.46 bits per heavy atom. The molecule has 2 saturated heterocycles. The number of hydrogen-bond donors (Lipinski definition) is 8. The first-order valence-electron chi connectivity index (χ1n) is 16.4. The van der Waals surface area contributed by atoms with Gasteiger partial charge in [0.1, 0.15) is 31.0 Å². The fourth-order valence-electron chi connectivity index (χ4n) is 7.05. The summed E-state index contributed by atoms with van der Waals surface area (Å²) in [7, 11) is 2.71. The summed E-state index contributed by atoms with van der Waals surface area (Å²) in [5.41, 5.74) is 7.26. The third-order valence-corrected chi connectivity index (χ3v) is 9.70. The van der Waals surface area contributed by atoms with Gasteiger partial charge in [0, 0.05) is 18.9 Å². The highest BCUT2D eigenvalue weighted by atomic mass is 16.8. The standard InChI is InChI=1S/C32H50N4O12/c1-34-32(33)35-24-18(13-36(10-11-37)14-21(24)28(42)43)8-9-19-20(12-17-6-4-3-5-7-17)30(46-16-22(19)29(44)45-2)48-31-27(41)26(40)25(39)23(15-38)47-31/h8-9,12,16,18-21,23-27,30-31,37-41H,3-7,10-11,13-15H2,1-2H3,(H,42,43)(H3,33,34,35). The van der Waals surface area contributed by atoms with Crippen molar-refractivity contribution in [3.05, 3.63) is 35.6 Å². The fraction of sp³-hybridized carbons (Fsp3) is 0.719. The predicted octanol–water partition coefficient (Wildman–Crippen LogP) is -4.33. The molecule has 48 heavy (non-hydrogen) atoms. The van der Waals surface area contributed by atoms with Crippen molar-refractivity contribution in [2.75, 3.05) is 47.0 Å². The topological polar surface area (TPSA) is 250 Å². The number of likely N-dealkylation sites (tertiary alicyclic amines) is 1. The number of nitrogens with two attached hydrogens (primary N) is 1. The number of guanidine groups is 1. The van der Waals surface area contributed by atoms with Crippen LogP contribution in [0.4, 0.5) is 0 Å². The molecule has 1 aliphatic carbocycles. The first kappa shape index (κ1) is 37.7. The zero-order valence-electron chi connectivity index (χ0n) is 27.3. The van der Waals surface area contributed by atoms with E-state index >= 15 is 0 Å². The molecule has 270 valence electrons. The lowest BCUT2D eigenvalue weighted by molar-refractivity contribution is -0.911. The number of esters is 1. The van der Waals surface area contributed by atoms with Crippen LogP contribution in [-0.4, -0.2) is 133 Å². The number of quaternary nitrogens is 1. The Balaban J connectivity index is 1.75. The van der Waals surface area contributed by atoms with E-state index in [0.717, 1.165) is 42.6 Å². The molecule has 4 aliphatic rings. The number of aliphatic hydroxyl groups excluding tert-OH is 5. The number of aliphatic hydroxyl groups is 5. The van der Waals surface area contributed by atoms with Crippen molar-refractivity contribution in [3.63, 3.8) is 0 Å². The predicted molar refractivity (Wildman–Crippen MR) is 166 cm³/mol. The van der Waals surface area contributed by atoms with Gasteiger partial charge in [-0.3, -0.25) is 4.99 Å². The number of nitrogens with zero attached hydrogens (tertiary/aromatic N) is 1. The Bertz CT molecular complexity index is 1220. The lowest BCUT2D eigenvalue weighted by atomic mass is 9.78. The van der Waals surface area contributed by atoms with E-state index in [1.807, 2.05) is 6.08 Å². The van der Waals surface area contributed by atoms with E-state index in [9.17, 15) is 40.2 Å². The van der Waals surface area contributed by atoms with Crippen LogP contribution in [0.5, 0.6) is 0 Å². The molecular formula is C32H50N4O12. The number of piperidine rings is 1. The molecule has 0 aromatic heterocycles. The Morgan fingerprint density at radius 2 is 1.83 bits per heavy atom. The van der Waals surface area contributed by atoms with E-state index in [0.29, 0.717) is 13.1 Å². The number of carboxylic acids is 1. The summed E-state index contributed by atoms with van der Waals surface area (Å²) in [6, 6.07) is -0.723. The number of carboxylic acid groups (broad SMARTS) is 1. The van der Waals surface area contributed by atoms with Crippen molar-refractivity contribution >= 4 is 17.9 Å². The highest BCUT2D eigenvalue weighted by molar-refractivity contribution is 5.89. The van der Waals surface area contributed by atoms with Crippen LogP contribution in [0.25, 0.3) is 0 Å². The van der Waals surface area contributed by atoms with E-state index in [1.54, 1.807) is 12.2 Å². The average molecular weight is 683 g/mol. The van der Waals surface area contributed by atoms with Crippen LogP contribution in [0.2, 0.25) is 0 Å². The molecule has 16 heteroatoms. The fourth-order valence-corrected chi connectivity index (χ4v) is 7.05. The number of nitrogens with one attached hydrogen (secondary N) is 2. The van der Waals surface area contributed by atoms with E-state index in [1.165, 1.54) is 20.4 Å². The van der Waals surface area contributed by atoms with Crippen LogP contribution >= 0.6 is 0 Å². The van der Waals surface area contributed by atoms with E-state index in [-0.39, 0.29) is 24.7 Å². The second-order valence-corrected chi connectivity index (χ2v) is 12.8. The first-order valence-corrected chi connectivity index (χ1v) is 16.4. The number of hydrogen-bond acceptors (Lipinski definition) is 13. The zero-order chi connectivity index (χ0) is 35.0. The maximum absolute atomic E-state index is 13.1. The molecule has 1 saturated carbocycles. The minimum atomic E-state index is -1.68. The molecule has 0 bridgehead atoms. The van der Waals surface area contributed by atoms with Crippen molar-refractivity contribution < 1.29 is 64.1 Å². The summed E-state index contributed by atoms with van der Waals surface area (Å²) in [5, 5.41) is 66.0. The highest BCUT2D eigenvalue weighted by Crippen LogP contribution is 2.39. The Labute approximate surface area is 279 Å². The molecule has 0 aromatic rings. The van der Waals surface area contributed by atoms with Crippen LogP contribution in [0.15, 0.2) is 40.6 Å². The number of allylic oxidation sites excluding steroid dienone is 2. The third kappa shape index (κ3) is 8.92. The summed E-state index contributed by atoms with van der Waals surface area (Å²) in [4.78, 5) is 30.2. The molecule has 0 aromatic carbocycles. The first-order chi connectivity index (χ1) is 23.0. The largest absolute Gasteiger partial charge is 0.550 e. The van der Waals surface area contributed by atoms with Gasteiger partial charge in [0.25, 0.3) is 0 Å². The molecule has 9 N–H and O–H groups in total. The van der Waals surface area contributed by atoms with E-state index in [2.05, 4.69) is 10.3 Å². The number of ether oxygens (including phenoxy) is 4. The van der Waals surface area contributed by atoms with Gasteiger partial charge in [-0.1, -0.05) is 30.2 Å². The molecule has 12 atom stereocenters. The van der Waals surface area contributed by atoms with Crippen LogP contribution in [0.3, 0.4) is 0 Å². The van der Waals surface area contributed by atoms with Gasteiger partial charge in [-0.25, -0.2) is 4.79 Å².